The molecule has 126 valence electrons. The van der Waals surface area contributed by atoms with Crippen LogP contribution in [-0.4, -0.2) is 31.9 Å². The summed E-state index contributed by atoms with van der Waals surface area (Å²) in [7, 11) is 0. The van der Waals surface area contributed by atoms with Gasteiger partial charge >= 0.3 is 5.97 Å². The Kier molecular flexibility index (Phi) is 5.96. The highest BCUT2D eigenvalue weighted by molar-refractivity contribution is 6.03. The number of carboxylic acid groups (broad SMARTS) is 1. The van der Waals surface area contributed by atoms with Crippen LogP contribution >= 0.6 is 0 Å². The van der Waals surface area contributed by atoms with Gasteiger partial charge in [-0.25, -0.2) is 14.5 Å². The molecule has 0 aromatic carbocycles. The molecule has 0 amide bonds. The summed E-state index contributed by atoms with van der Waals surface area (Å²) >= 11 is 0. The first-order valence-corrected chi connectivity index (χ1v) is 8.46. The monoisotopic (exact) mass is 318 g/mol. The molecule has 0 spiro atoms. The van der Waals surface area contributed by atoms with E-state index in [1.165, 1.54) is 6.20 Å². The van der Waals surface area contributed by atoms with Gasteiger partial charge in [-0.2, -0.15) is 5.10 Å². The fourth-order valence-corrected chi connectivity index (χ4v) is 2.91. The number of nitrogens with one attached hydrogen (secondary N) is 1. The molecule has 2 aromatic heterocycles. The van der Waals surface area contributed by atoms with Crippen LogP contribution in [0.15, 0.2) is 12.4 Å². The van der Waals surface area contributed by atoms with Gasteiger partial charge in [0, 0.05) is 18.8 Å². The highest BCUT2D eigenvalue weighted by Crippen LogP contribution is 2.28. The number of carboxylic acids is 1. The molecular weight excluding hydrogens is 292 g/mol. The smallest absolute Gasteiger partial charge is 0.339 e. The van der Waals surface area contributed by atoms with E-state index in [1.807, 2.05) is 4.68 Å². The Morgan fingerprint density at radius 2 is 1.91 bits per heavy atom. The topological polar surface area (TPSA) is 80.0 Å². The number of anilines is 1. The van der Waals surface area contributed by atoms with Gasteiger partial charge in [-0.3, -0.25) is 0 Å². The summed E-state index contributed by atoms with van der Waals surface area (Å²) in [5.74, 6) is -0.961. The van der Waals surface area contributed by atoms with Crippen molar-refractivity contribution in [1.82, 2.24) is 14.8 Å². The number of aromatic nitrogens is 3. The van der Waals surface area contributed by atoms with E-state index in [0.717, 1.165) is 49.7 Å². The zero-order valence-corrected chi connectivity index (χ0v) is 14.2. The second-order valence-corrected chi connectivity index (χ2v) is 5.88. The van der Waals surface area contributed by atoms with Crippen LogP contribution < -0.4 is 5.32 Å². The first-order chi connectivity index (χ1) is 11.1. The molecule has 0 aliphatic carbocycles. The Hall–Kier alpha value is -2.11. The zero-order chi connectivity index (χ0) is 16.8. The summed E-state index contributed by atoms with van der Waals surface area (Å²) in [5, 5.41) is 18.1. The molecule has 6 nitrogen and oxygen atoms in total. The second kappa shape index (κ2) is 7.94. The number of carbonyl (C=O) groups is 1. The van der Waals surface area contributed by atoms with Crippen molar-refractivity contribution >= 4 is 22.7 Å². The fourth-order valence-electron chi connectivity index (χ4n) is 2.91. The van der Waals surface area contributed by atoms with Crippen LogP contribution in [-0.2, 0) is 6.54 Å². The average Bonchev–Trinajstić information content (AvgIpc) is 2.92. The predicted octanol–water partition coefficient (Wildman–Crippen LogP) is 3.92. The molecule has 2 rings (SSSR count). The van der Waals surface area contributed by atoms with Crippen LogP contribution in [0.2, 0.25) is 0 Å². The highest BCUT2D eigenvalue weighted by atomic mass is 16.4. The number of hydrogen-bond acceptors (Lipinski definition) is 4. The summed E-state index contributed by atoms with van der Waals surface area (Å²) in [6.45, 7) is 7.14. The summed E-state index contributed by atoms with van der Waals surface area (Å²) in [5.41, 5.74) is 1.61. The molecule has 2 heterocycles. The lowest BCUT2D eigenvalue weighted by Crippen LogP contribution is -2.21. The van der Waals surface area contributed by atoms with E-state index in [0.29, 0.717) is 5.69 Å². The van der Waals surface area contributed by atoms with E-state index in [2.05, 4.69) is 36.2 Å². The van der Waals surface area contributed by atoms with Crippen molar-refractivity contribution in [2.24, 2.45) is 0 Å². The molecule has 6 heteroatoms. The predicted molar refractivity (Wildman–Crippen MR) is 92.0 cm³/mol. The van der Waals surface area contributed by atoms with Crippen LogP contribution in [0.4, 0.5) is 5.69 Å². The minimum Gasteiger partial charge on any atom is -0.478 e. The number of hydrogen-bond donors (Lipinski definition) is 2. The maximum absolute atomic E-state index is 11.6. The Balaban J connectivity index is 2.48. The van der Waals surface area contributed by atoms with Crippen molar-refractivity contribution in [1.29, 1.82) is 0 Å². The number of pyridine rings is 1. The fraction of sp³-hybridized carbons (Fsp3) is 0.588. The minimum absolute atomic E-state index is 0.214. The van der Waals surface area contributed by atoms with Gasteiger partial charge in [-0.05, 0) is 19.3 Å². The first kappa shape index (κ1) is 17.2. The molecule has 0 saturated carbocycles. The van der Waals surface area contributed by atoms with E-state index in [9.17, 15) is 9.90 Å². The molecule has 2 N–H and O–H groups in total. The van der Waals surface area contributed by atoms with E-state index < -0.39 is 5.97 Å². The summed E-state index contributed by atoms with van der Waals surface area (Å²) in [6.07, 6.45) is 8.26. The summed E-state index contributed by atoms with van der Waals surface area (Å²) in [4.78, 5) is 15.9. The maximum atomic E-state index is 11.6. The molecule has 23 heavy (non-hydrogen) atoms. The van der Waals surface area contributed by atoms with E-state index >= 15 is 0 Å². The molecule has 0 aliphatic rings. The minimum atomic E-state index is -0.961. The van der Waals surface area contributed by atoms with Gasteiger partial charge in [0.25, 0.3) is 0 Å². The molecule has 0 bridgehead atoms. The molecule has 0 saturated heterocycles. The van der Waals surface area contributed by atoms with Crippen molar-refractivity contribution in [3.05, 3.63) is 18.0 Å². The van der Waals surface area contributed by atoms with Crippen LogP contribution in [0, 0.1) is 0 Å². The van der Waals surface area contributed by atoms with Gasteiger partial charge in [-0.15, -0.1) is 0 Å². The third kappa shape index (κ3) is 3.81. The zero-order valence-electron chi connectivity index (χ0n) is 14.2. The lowest BCUT2D eigenvalue weighted by molar-refractivity contribution is 0.0697. The largest absolute Gasteiger partial charge is 0.478 e. The maximum Gasteiger partial charge on any atom is 0.339 e. The third-order valence-corrected chi connectivity index (χ3v) is 3.95. The SMILES string of the molecule is CCCC(CCC)Nc1c(C(=O)O)cnc2c1cnn2CCC. The molecule has 0 radical (unpaired) electrons. The van der Waals surface area contributed by atoms with Crippen LogP contribution in [0.5, 0.6) is 0 Å². The van der Waals surface area contributed by atoms with Crippen LogP contribution in [0.1, 0.15) is 63.2 Å². The van der Waals surface area contributed by atoms with Crippen molar-refractivity contribution < 1.29 is 9.90 Å². The van der Waals surface area contributed by atoms with Gasteiger partial charge in [0.05, 0.1) is 17.3 Å². The third-order valence-electron chi connectivity index (χ3n) is 3.95. The molecule has 2 aromatic rings. The van der Waals surface area contributed by atoms with Gasteiger partial charge in [0.2, 0.25) is 0 Å². The van der Waals surface area contributed by atoms with Crippen molar-refractivity contribution in [3.8, 4) is 0 Å². The number of aromatic carboxylic acids is 1. The standard InChI is InChI=1S/C17H26N4O2/c1-4-7-12(8-5-2)20-15-13-11-19-21(9-6-3)16(13)18-10-14(15)17(22)23/h10-12H,4-9H2,1-3H3,(H,18,20)(H,22,23). The van der Waals surface area contributed by atoms with Gasteiger partial charge in [0.15, 0.2) is 5.65 Å². The van der Waals surface area contributed by atoms with Crippen molar-refractivity contribution in [3.63, 3.8) is 0 Å². The van der Waals surface area contributed by atoms with Gasteiger partial charge in [0.1, 0.15) is 5.56 Å². The Bertz CT molecular complexity index is 660. The second-order valence-electron chi connectivity index (χ2n) is 5.88. The first-order valence-electron chi connectivity index (χ1n) is 8.46. The number of rotatable bonds is 9. The summed E-state index contributed by atoms with van der Waals surface area (Å²) in [6, 6.07) is 0.267. The van der Waals surface area contributed by atoms with Gasteiger partial charge in [-0.1, -0.05) is 33.6 Å². The molecule has 0 fully saturated rings. The molecule has 0 unspecified atom stereocenters. The van der Waals surface area contributed by atoms with E-state index in [-0.39, 0.29) is 11.6 Å². The molecule has 0 aliphatic heterocycles. The van der Waals surface area contributed by atoms with Crippen LogP contribution in [0.25, 0.3) is 11.0 Å². The highest BCUT2D eigenvalue weighted by Gasteiger charge is 2.19. The number of aryl methyl sites for hydroxylation is 1. The number of nitrogens with zero attached hydrogens (tertiary/aromatic N) is 3. The van der Waals surface area contributed by atoms with Crippen molar-refractivity contribution in [2.75, 3.05) is 5.32 Å². The normalized spacial score (nSPS) is 11.3. The molecular formula is C17H26N4O2. The number of fused-ring (bicyclic) bond motifs is 1. The quantitative estimate of drug-likeness (QED) is 0.732. The van der Waals surface area contributed by atoms with E-state index in [1.54, 1.807) is 6.20 Å². The molecule has 0 atom stereocenters. The van der Waals surface area contributed by atoms with Crippen LogP contribution in [0.3, 0.4) is 0 Å². The van der Waals surface area contributed by atoms with Crippen molar-refractivity contribution in [2.45, 2.75) is 65.5 Å². The van der Waals surface area contributed by atoms with E-state index in [4.69, 9.17) is 0 Å². The van der Waals surface area contributed by atoms with Gasteiger partial charge < -0.3 is 10.4 Å². The lowest BCUT2D eigenvalue weighted by atomic mass is 10.0. The Morgan fingerprint density at radius 3 is 2.48 bits per heavy atom. The lowest BCUT2D eigenvalue weighted by Gasteiger charge is -2.20. The Morgan fingerprint density at radius 1 is 1.22 bits per heavy atom. The summed E-state index contributed by atoms with van der Waals surface area (Å²) < 4.78 is 1.83. The average molecular weight is 318 g/mol. The Labute approximate surface area is 136 Å².